The number of ether oxygens (including phenoxy) is 1. The highest BCUT2D eigenvalue weighted by Crippen LogP contribution is 2.37. The van der Waals surface area contributed by atoms with Crippen molar-refractivity contribution in [3.05, 3.63) is 63.2 Å². The molecule has 4 rings (SSSR count). The Labute approximate surface area is 140 Å². The Bertz CT molecular complexity index is 888. The van der Waals surface area contributed by atoms with Crippen LogP contribution in [-0.2, 0) is 14.0 Å². The quantitative estimate of drug-likeness (QED) is 0.672. The summed E-state index contributed by atoms with van der Waals surface area (Å²) in [6.45, 7) is -0.358. The number of aromatic nitrogens is 2. The molecule has 0 amide bonds. The number of fused-ring (bicyclic) bond motifs is 1. The summed E-state index contributed by atoms with van der Waals surface area (Å²) in [5.41, 5.74) is -1.17. The molecule has 0 saturated carbocycles. The lowest BCUT2D eigenvalue weighted by atomic mass is 9.79. The lowest BCUT2D eigenvalue weighted by Crippen LogP contribution is -2.39. The minimum Gasteiger partial charge on any atom is -0.399 e. The predicted octanol–water partition coefficient (Wildman–Crippen LogP) is -1.26. The Kier molecular flexibility index (Phi) is 4.04. The van der Waals surface area contributed by atoms with Gasteiger partial charge in [0.2, 0.25) is 5.82 Å². The van der Waals surface area contributed by atoms with Crippen molar-refractivity contribution in [1.82, 2.24) is 9.55 Å². The van der Waals surface area contributed by atoms with Crippen LogP contribution in [0.15, 0.2) is 46.1 Å². The molecule has 130 valence electrons. The average molecular weight is 348 g/mol. The number of nitrogens with one attached hydrogen (secondary N) is 1. The number of nitrogens with zero attached hydrogens (tertiary/aromatic N) is 1. The lowest BCUT2D eigenvalue weighted by molar-refractivity contribution is -0.0610. The molecule has 0 radical (unpaired) electrons. The van der Waals surface area contributed by atoms with Gasteiger partial charge in [-0.15, -0.1) is 0 Å². The molecule has 2 aromatic rings. The molecule has 0 unspecified atom stereocenters. The van der Waals surface area contributed by atoms with Crippen molar-refractivity contribution in [2.75, 3.05) is 6.61 Å². The largest absolute Gasteiger partial charge is 0.494 e. The topological polar surface area (TPSA) is 103 Å². The number of H-pyrrole nitrogens is 1. The molecule has 1 aromatic heterocycles. The molecule has 2 N–H and O–H groups in total. The van der Waals surface area contributed by atoms with E-state index in [1.165, 1.54) is 0 Å². The van der Waals surface area contributed by atoms with Gasteiger partial charge in [-0.1, -0.05) is 30.3 Å². The summed E-state index contributed by atoms with van der Waals surface area (Å²) in [5, 5.41) is 9.52. The average Bonchev–Trinajstić information content (AvgIpc) is 3.18. The van der Waals surface area contributed by atoms with E-state index in [1.54, 1.807) is 0 Å². The fourth-order valence-electron chi connectivity index (χ4n) is 3.12. The van der Waals surface area contributed by atoms with Crippen molar-refractivity contribution >= 4 is 12.6 Å². The van der Waals surface area contributed by atoms with Gasteiger partial charge in [0.15, 0.2) is 6.23 Å². The van der Waals surface area contributed by atoms with Crippen LogP contribution in [0.2, 0.25) is 0 Å². The number of rotatable bonds is 3. The second-order valence-electron chi connectivity index (χ2n) is 5.84. The van der Waals surface area contributed by atoms with Gasteiger partial charge in [0.05, 0.1) is 12.8 Å². The van der Waals surface area contributed by atoms with Crippen LogP contribution in [0, 0.1) is 5.82 Å². The van der Waals surface area contributed by atoms with Crippen LogP contribution in [0.25, 0.3) is 0 Å². The third-order valence-corrected chi connectivity index (χ3v) is 4.30. The van der Waals surface area contributed by atoms with Crippen molar-refractivity contribution < 1.29 is 23.5 Å². The fourth-order valence-corrected chi connectivity index (χ4v) is 3.12. The van der Waals surface area contributed by atoms with E-state index >= 15 is 0 Å². The van der Waals surface area contributed by atoms with E-state index in [0.717, 1.165) is 16.2 Å². The number of aromatic amines is 1. The van der Waals surface area contributed by atoms with Crippen molar-refractivity contribution in [3.63, 3.8) is 0 Å². The van der Waals surface area contributed by atoms with Gasteiger partial charge in [0.25, 0.3) is 5.56 Å². The van der Waals surface area contributed by atoms with Crippen LogP contribution < -0.4 is 16.7 Å². The molecular formula is C15H14BFN2O6. The number of aliphatic hydroxyl groups excluding tert-OH is 1. The summed E-state index contributed by atoms with van der Waals surface area (Å²) in [7, 11) is -0.694. The highest BCUT2D eigenvalue weighted by molar-refractivity contribution is 6.61. The van der Waals surface area contributed by atoms with Crippen molar-refractivity contribution in [1.29, 1.82) is 0 Å². The van der Waals surface area contributed by atoms with Gasteiger partial charge in [0, 0.05) is 0 Å². The molecule has 8 nitrogen and oxygen atoms in total. The number of aliphatic hydroxyl groups is 1. The second-order valence-corrected chi connectivity index (χ2v) is 5.84. The van der Waals surface area contributed by atoms with Crippen LogP contribution >= 0.6 is 0 Å². The van der Waals surface area contributed by atoms with Crippen molar-refractivity contribution in [3.8, 4) is 0 Å². The molecule has 0 bridgehead atoms. The molecule has 1 aromatic carbocycles. The first-order valence-corrected chi connectivity index (χ1v) is 7.71. The standard InChI is InChI=1S/C15H14BFN2O6/c17-9-6-19(15(22)18-13(9)21)14-12-11(10(7-20)23-14)24-16(25-12)8-4-2-1-3-5-8/h1-6,10-12,14,20H,7H2,(H,18,21,22)/t10-,11-,12-,14-/m1/s1. The summed E-state index contributed by atoms with van der Waals surface area (Å²) in [6, 6.07) is 9.15. The highest BCUT2D eigenvalue weighted by atomic mass is 19.1. The summed E-state index contributed by atoms with van der Waals surface area (Å²) in [4.78, 5) is 25.1. The maximum absolute atomic E-state index is 13.6. The van der Waals surface area contributed by atoms with Gasteiger partial charge in [-0.05, 0) is 5.46 Å². The molecule has 3 heterocycles. The Morgan fingerprint density at radius 2 is 1.92 bits per heavy atom. The molecule has 10 heteroatoms. The minimum atomic E-state index is -1.12. The lowest BCUT2D eigenvalue weighted by Gasteiger charge is -2.19. The first-order valence-electron chi connectivity index (χ1n) is 7.71. The van der Waals surface area contributed by atoms with Gasteiger partial charge >= 0.3 is 12.8 Å². The molecule has 2 saturated heterocycles. The van der Waals surface area contributed by atoms with Gasteiger partial charge in [-0.2, -0.15) is 4.39 Å². The molecule has 2 fully saturated rings. The summed E-state index contributed by atoms with van der Waals surface area (Å²) in [6.07, 6.45) is -2.39. The smallest absolute Gasteiger partial charge is 0.399 e. The zero-order valence-electron chi connectivity index (χ0n) is 12.9. The van der Waals surface area contributed by atoms with Crippen molar-refractivity contribution in [2.45, 2.75) is 24.5 Å². The van der Waals surface area contributed by atoms with E-state index in [0.29, 0.717) is 0 Å². The highest BCUT2D eigenvalue weighted by Gasteiger charge is 2.55. The van der Waals surface area contributed by atoms with Gasteiger partial charge in [0.1, 0.15) is 18.3 Å². The molecule has 25 heavy (non-hydrogen) atoms. The van der Waals surface area contributed by atoms with E-state index < -0.39 is 48.7 Å². The second kappa shape index (κ2) is 6.23. The van der Waals surface area contributed by atoms with E-state index in [4.69, 9.17) is 14.0 Å². The van der Waals surface area contributed by atoms with E-state index in [-0.39, 0.29) is 6.61 Å². The monoisotopic (exact) mass is 348 g/mol. The number of halogens is 1. The van der Waals surface area contributed by atoms with E-state index in [2.05, 4.69) is 0 Å². The molecule has 0 spiro atoms. The van der Waals surface area contributed by atoms with E-state index in [1.807, 2.05) is 35.3 Å². The molecule has 0 aliphatic carbocycles. The molecule has 2 aliphatic rings. The summed E-state index contributed by atoms with van der Waals surface area (Å²) < 4.78 is 31.8. The van der Waals surface area contributed by atoms with Crippen LogP contribution in [-0.4, -0.2) is 46.7 Å². The molecule has 4 atom stereocenters. The zero-order valence-corrected chi connectivity index (χ0v) is 12.9. The Hall–Kier alpha value is -2.27. The number of benzene rings is 1. The number of hydrogen-bond acceptors (Lipinski definition) is 6. The normalized spacial score (nSPS) is 28.3. The maximum Gasteiger partial charge on any atom is 0.494 e. The summed E-state index contributed by atoms with van der Waals surface area (Å²) >= 11 is 0. The van der Waals surface area contributed by atoms with Gasteiger partial charge < -0.3 is 19.2 Å². The SMILES string of the molecule is O=c1[nH]c(=O)n([C@@H]2O[C@H](CO)[C@H]3OB(c4ccccc4)O[C@H]32)cc1F. The summed E-state index contributed by atoms with van der Waals surface area (Å²) in [5.74, 6) is -1.12. The third-order valence-electron chi connectivity index (χ3n) is 4.30. The Morgan fingerprint density at radius 3 is 2.64 bits per heavy atom. The van der Waals surface area contributed by atoms with E-state index in [9.17, 15) is 19.1 Å². The minimum absolute atomic E-state index is 0.358. The van der Waals surface area contributed by atoms with Crippen LogP contribution in [0.4, 0.5) is 4.39 Å². The molecule has 2 aliphatic heterocycles. The van der Waals surface area contributed by atoms with Crippen molar-refractivity contribution in [2.24, 2.45) is 0 Å². The number of hydrogen-bond donors (Lipinski definition) is 2. The van der Waals surface area contributed by atoms with Crippen LogP contribution in [0.5, 0.6) is 0 Å². The molecular weight excluding hydrogens is 334 g/mol. The maximum atomic E-state index is 13.6. The van der Waals surface area contributed by atoms with Gasteiger partial charge in [-0.3, -0.25) is 14.3 Å². The Morgan fingerprint density at radius 1 is 1.20 bits per heavy atom. The fraction of sp³-hybridized carbons (Fsp3) is 0.333. The zero-order chi connectivity index (χ0) is 17.6. The Balaban J connectivity index is 1.68. The van der Waals surface area contributed by atoms with Crippen LogP contribution in [0.1, 0.15) is 6.23 Å². The third kappa shape index (κ3) is 2.73. The van der Waals surface area contributed by atoms with Crippen LogP contribution in [0.3, 0.4) is 0 Å². The first-order chi connectivity index (χ1) is 12.1. The predicted molar refractivity (Wildman–Crippen MR) is 83.9 cm³/mol. The first kappa shape index (κ1) is 16.2. The van der Waals surface area contributed by atoms with Gasteiger partial charge in [-0.25, -0.2) is 4.79 Å².